The van der Waals surface area contributed by atoms with Gasteiger partial charge in [-0.25, -0.2) is 0 Å². The van der Waals surface area contributed by atoms with Crippen LogP contribution >= 0.6 is 0 Å². The second-order valence-corrected chi connectivity index (χ2v) is 7.85. The summed E-state index contributed by atoms with van der Waals surface area (Å²) in [5.41, 5.74) is 5.64. The number of aliphatic hydroxyl groups is 1. The summed E-state index contributed by atoms with van der Waals surface area (Å²) in [6, 6.07) is 13.1. The molecule has 4 rings (SSSR count). The van der Waals surface area contributed by atoms with E-state index < -0.39 is 6.23 Å². The zero-order chi connectivity index (χ0) is 20.5. The van der Waals surface area contributed by atoms with Crippen LogP contribution in [0, 0.1) is 0 Å². The average molecular weight is 392 g/mol. The van der Waals surface area contributed by atoms with Crippen LogP contribution in [-0.4, -0.2) is 27.4 Å². The number of benzene rings is 2. The first kappa shape index (κ1) is 19.7. The molecule has 0 spiro atoms. The molecule has 152 valence electrons. The first-order valence-electron chi connectivity index (χ1n) is 10.4. The highest BCUT2D eigenvalue weighted by Gasteiger charge is 2.24. The number of phenols is 1. The van der Waals surface area contributed by atoms with Crippen LogP contribution in [0.3, 0.4) is 0 Å². The van der Waals surface area contributed by atoms with Gasteiger partial charge in [0.1, 0.15) is 12.0 Å². The molecule has 1 aliphatic carbocycles. The fourth-order valence-corrected chi connectivity index (χ4v) is 4.53. The number of hydrogen-bond donors (Lipinski definition) is 3. The third kappa shape index (κ3) is 3.68. The molecule has 3 aromatic rings. The third-order valence-electron chi connectivity index (χ3n) is 6.03. The van der Waals surface area contributed by atoms with Crippen LogP contribution in [0.2, 0.25) is 0 Å². The topological polar surface area (TPSA) is 74.5 Å². The van der Waals surface area contributed by atoms with Crippen LogP contribution in [-0.2, 0) is 25.7 Å². The summed E-state index contributed by atoms with van der Waals surface area (Å²) in [6.07, 6.45) is 2.88. The molecule has 0 amide bonds. The summed E-state index contributed by atoms with van der Waals surface area (Å²) in [5.74, 6) is -0.00767. The number of para-hydroxylation sites is 1. The predicted molar refractivity (Wildman–Crippen MR) is 116 cm³/mol. The highest BCUT2D eigenvalue weighted by Crippen LogP contribution is 2.28. The summed E-state index contributed by atoms with van der Waals surface area (Å²) < 4.78 is 1.27. The van der Waals surface area contributed by atoms with E-state index >= 15 is 0 Å². The van der Waals surface area contributed by atoms with Crippen molar-refractivity contribution < 1.29 is 10.2 Å². The molecule has 1 aliphatic rings. The Morgan fingerprint density at radius 2 is 1.72 bits per heavy atom. The van der Waals surface area contributed by atoms with Crippen LogP contribution in [0.5, 0.6) is 5.75 Å². The predicted octanol–water partition coefficient (Wildman–Crippen LogP) is 3.08. The van der Waals surface area contributed by atoms with Gasteiger partial charge in [0.25, 0.3) is 5.56 Å². The van der Waals surface area contributed by atoms with Crippen LogP contribution in [0.25, 0.3) is 10.9 Å². The molecular weight excluding hydrogens is 364 g/mol. The number of rotatable bonds is 6. The maximum absolute atomic E-state index is 12.4. The van der Waals surface area contributed by atoms with Crippen molar-refractivity contribution in [1.82, 2.24) is 9.88 Å². The van der Waals surface area contributed by atoms with E-state index in [1.54, 1.807) is 12.1 Å². The highest BCUT2D eigenvalue weighted by molar-refractivity contribution is 5.84. The molecule has 5 nitrogen and oxygen atoms in total. The standard InChI is InChI=1S/C24H28N2O3/c1-3-15-10-18-12-20(13-19(18)11-16(15)4-2)25-14-23(29)26-22(28)9-8-17-6-5-7-21(27)24(17)26/h5-11,20,23,25,27,29H,3-4,12-14H2,1-2H3/t23-/m1/s1. The number of nitrogens with one attached hydrogen (secondary N) is 1. The number of aryl methyl sites for hydroxylation is 2. The Morgan fingerprint density at radius 1 is 1.07 bits per heavy atom. The van der Waals surface area contributed by atoms with Crippen molar-refractivity contribution in [3.8, 4) is 5.75 Å². The molecule has 0 bridgehead atoms. The van der Waals surface area contributed by atoms with Crippen molar-refractivity contribution in [3.63, 3.8) is 0 Å². The lowest BCUT2D eigenvalue weighted by Gasteiger charge is -2.20. The van der Waals surface area contributed by atoms with Gasteiger partial charge in [-0.05, 0) is 60.1 Å². The van der Waals surface area contributed by atoms with Crippen molar-refractivity contribution in [2.45, 2.75) is 51.8 Å². The van der Waals surface area contributed by atoms with Gasteiger partial charge in [0, 0.05) is 24.0 Å². The Bertz CT molecular complexity index is 1070. The molecule has 29 heavy (non-hydrogen) atoms. The Hall–Kier alpha value is -2.63. The minimum absolute atomic E-state index is 0.00767. The van der Waals surface area contributed by atoms with E-state index in [1.165, 1.54) is 39.0 Å². The molecule has 3 N–H and O–H groups in total. The van der Waals surface area contributed by atoms with E-state index in [9.17, 15) is 15.0 Å². The van der Waals surface area contributed by atoms with Gasteiger partial charge in [-0.2, -0.15) is 0 Å². The van der Waals surface area contributed by atoms with E-state index in [2.05, 4.69) is 31.3 Å². The van der Waals surface area contributed by atoms with E-state index in [1.807, 2.05) is 6.07 Å². The molecule has 0 saturated carbocycles. The number of aromatic nitrogens is 1. The van der Waals surface area contributed by atoms with Crippen molar-refractivity contribution in [1.29, 1.82) is 0 Å². The number of pyridine rings is 1. The van der Waals surface area contributed by atoms with Gasteiger partial charge in [-0.3, -0.25) is 9.36 Å². The molecule has 2 aromatic carbocycles. The molecule has 1 aromatic heterocycles. The maximum atomic E-state index is 12.4. The fraction of sp³-hybridized carbons (Fsp3) is 0.375. The van der Waals surface area contributed by atoms with E-state index in [0.717, 1.165) is 31.1 Å². The molecule has 1 atom stereocenters. The summed E-state index contributed by atoms with van der Waals surface area (Å²) in [6.45, 7) is 4.63. The van der Waals surface area contributed by atoms with Gasteiger partial charge in [-0.1, -0.05) is 38.1 Å². The monoisotopic (exact) mass is 392 g/mol. The number of aromatic hydroxyl groups is 1. The molecule has 0 radical (unpaired) electrons. The minimum Gasteiger partial charge on any atom is -0.506 e. The van der Waals surface area contributed by atoms with Gasteiger partial charge >= 0.3 is 0 Å². The molecule has 0 fully saturated rings. The first-order valence-corrected chi connectivity index (χ1v) is 10.4. The van der Waals surface area contributed by atoms with Gasteiger partial charge in [0.05, 0.1) is 5.52 Å². The van der Waals surface area contributed by atoms with Gasteiger partial charge < -0.3 is 15.5 Å². The number of fused-ring (bicyclic) bond motifs is 2. The maximum Gasteiger partial charge on any atom is 0.253 e. The molecule has 0 saturated heterocycles. The van der Waals surface area contributed by atoms with Crippen LogP contribution < -0.4 is 10.9 Å². The number of nitrogens with zero attached hydrogens (tertiary/aromatic N) is 1. The number of phenolic OH excluding ortho intramolecular Hbond substituents is 1. The van der Waals surface area contributed by atoms with E-state index in [4.69, 9.17) is 0 Å². The van der Waals surface area contributed by atoms with Crippen LogP contribution in [0.1, 0.15) is 42.3 Å². The van der Waals surface area contributed by atoms with Gasteiger partial charge in [-0.15, -0.1) is 0 Å². The molecule has 5 heteroatoms. The van der Waals surface area contributed by atoms with E-state index in [0.29, 0.717) is 5.52 Å². The van der Waals surface area contributed by atoms with Crippen LogP contribution in [0.15, 0.2) is 47.3 Å². The lowest BCUT2D eigenvalue weighted by atomic mass is 9.97. The second kappa shape index (κ2) is 8.01. The Balaban J connectivity index is 1.51. The zero-order valence-electron chi connectivity index (χ0n) is 17.0. The van der Waals surface area contributed by atoms with Crippen molar-refractivity contribution in [3.05, 3.63) is 75.1 Å². The molecule has 0 aliphatic heterocycles. The van der Waals surface area contributed by atoms with Gasteiger partial charge in [0.2, 0.25) is 0 Å². The molecule has 1 heterocycles. The average Bonchev–Trinajstić information content (AvgIpc) is 3.13. The summed E-state index contributed by atoms with van der Waals surface area (Å²) in [4.78, 5) is 12.4. The quantitative estimate of drug-likeness (QED) is 0.603. The number of hydrogen-bond acceptors (Lipinski definition) is 4. The zero-order valence-corrected chi connectivity index (χ0v) is 17.0. The molecular formula is C24H28N2O3. The largest absolute Gasteiger partial charge is 0.506 e. The Kier molecular flexibility index (Phi) is 5.43. The normalized spacial score (nSPS) is 15.0. The van der Waals surface area contributed by atoms with Crippen molar-refractivity contribution in [2.75, 3.05) is 6.54 Å². The summed E-state index contributed by atoms with van der Waals surface area (Å²) in [7, 11) is 0. The second-order valence-electron chi connectivity index (χ2n) is 7.85. The van der Waals surface area contributed by atoms with Crippen molar-refractivity contribution >= 4 is 10.9 Å². The first-order chi connectivity index (χ1) is 14.0. The van der Waals surface area contributed by atoms with Gasteiger partial charge in [0.15, 0.2) is 0 Å². The minimum atomic E-state index is -1.05. The highest BCUT2D eigenvalue weighted by atomic mass is 16.3. The van der Waals surface area contributed by atoms with Crippen molar-refractivity contribution in [2.24, 2.45) is 0 Å². The Labute approximate surface area is 170 Å². The SMILES string of the molecule is CCc1cc2c(cc1CC)CC(NC[C@@H](O)n1c(=O)ccc3cccc(O)c31)C2. The van der Waals surface area contributed by atoms with Crippen LogP contribution in [0.4, 0.5) is 0 Å². The Morgan fingerprint density at radius 3 is 2.34 bits per heavy atom. The summed E-state index contributed by atoms with van der Waals surface area (Å²) in [5, 5.41) is 25.1. The molecule has 0 unspecified atom stereocenters. The smallest absolute Gasteiger partial charge is 0.253 e. The lowest BCUT2D eigenvalue weighted by molar-refractivity contribution is 0.1000. The lowest BCUT2D eigenvalue weighted by Crippen LogP contribution is -2.37. The third-order valence-corrected chi connectivity index (χ3v) is 6.03. The number of aliphatic hydroxyl groups excluding tert-OH is 1. The fourth-order valence-electron chi connectivity index (χ4n) is 4.53. The van der Waals surface area contributed by atoms with E-state index in [-0.39, 0.29) is 23.9 Å². The summed E-state index contributed by atoms with van der Waals surface area (Å²) >= 11 is 0.